The quantitative estimate of drug-likeness (QED) is 0.364. The average Bonchev–Trinajstić information content (AvgIpc) is 2.28. The number of rotatable bonds is 4. The Bertz CT molecular complexity index is 406. The second kappa shape index (κ2) is 5.13. The maximum Gasteiger partial charge on any atom is 0.274 e. The van der Waals surface area contributed by atoms with Crippen LogP contribution >= 0.6 is 0 Å². The Morgan fingerprint density at radius 2 is 2.12 bits per heavy atom. The van der Waals surface area contributed by atoms with E-state index in [1.807, 2.05) is 5.43 Å². The number of hydrogen-bond donors (Lipinski definition) is 3. The lowest BCUT2D eigenvalue weighted by Gasteiger charge is -2.13. The molecule has 0 aliphatic carbocycles. The van der Waals surface area contributed by atoms with Crippen molar-refractivity contribution < 1.29 is 14.3 Å². The van der Waals surface area contributed by atoms with E-state index in [1.165, 1.54) is 6.07 Å². The minimum atomic E-state index is -0.742. The minimum Gasteiger partial charge on any atom is -0.481 e. The van der Waals surface area contributed by atoms with Crippen molar-refractivity contribution in [3.8, 4) is 5.75 Å². The van der Waals surface area contributed by atoms with E-state index >= 15 is 0 Å². The molecule has 1 atom stereocenters. The summed E-state index contributed by atoms with van der Waals surface area (Å²) >= 11 is 0. The lowest BCUT2D eigenvalue weighted by atomic mass is 10.2. The molecule has 2 amide bonds. The number of carbonyl (C=O) groups is 2. The van der Waals surface area contributed by atoms with Gasteiger partial charge in [0.05, 0.1) is 0 Å². The van der Waals surface area contributed by atoms with Crippen LogP contribution in [-0.4, -0.2) is 17.9 Å². The fourth-order valence-electron chi connectivity index (χ4n) is 1.10. The summed E-state index contributed by atoms with van der Waals surface area (Å²) in [6.07, 6.45) is -0.742. The van der Waals surface area contributed by atoms with Crippen LogP contribution in [0, 0.1) is 0 Å². The number of nitrogens with one attached hydrogen (secondary N) is 1. The predicted octanol–water partition coefficient (Wildman–Crippen LogP) is -0.457. The average molecular weight is 223 g/mol. The number of hydrazine groups is 1. The summed E-state index contributed by atoms with van der Waals surface area (Å²) in [5, 5.41) is 0. The first kappa shape index (κ1) is 12.0. The van der Waals surface area contributed by atoms with E-state index < -0.39 is 17.9 Å². The number of benzene rings is 1. The number of ether oxygens (including phenoxy) is 1. The summed E-state index contributed by atoms with van der Waals surface area (Å²) in [4.78, 5) is 22.0. The molecule has 0 radical (unpaired) electrons. The van der Waals surface area contributed by atoms with E-state index in [4.69, 9.17) is 16.3 Å². The first-order chi connectivity index (χ1) is 7.54. The lowest BCUT2D eigenvalue weighted by molar-refractivity contribution is -0.127. The highest BCUT2D eigenvalue weighted by Crippen LogP contribution is 2.14. The van der Waals surface area contributed by atoms with Crippen LogP contribution in [0.5, 0.6) is 5.75 Å². The van der Waals surface area contributed by atoms with Crippen LogP contribution in [0.3, 0.4) is 0 Å². The SMILES string of the molecule is CC(Oc1cccc(C(N)=O)c1)C(=O)NN. The second-order valence-corrected chi connectivity index (χ2v) is 3.16. The van der Waals surface area contributed by atoms with Crippen molar-refractivity contribution in [3.05, 3.63) is 29.8 Å². The Kier molecular flexibility index (Phi) is 3.84. The van der Waals surface area contributed by atoms with Gasteiger partial charge in [-0.2, -0.15) is 0 Å². The van der Waals surface area contributed by atoms with Gasteiger partial charge in [0.15, 0.2) is 6.10 Å². The van der Waals surface area contributed by atoms with E-state index in [0.717, 1.165) is 0 Å². The molecular weight excluding hydrogens is 210 g/mol. The molecule has 0 aromatic heterocycles. The minimum absolute atomic E-state index is 0.317. The summed E-state index contributed by atoms with van der Waals surface area (Å²) < 4.78 is 5.26. The molecule has 0 spiro atoms. The highest BCUT2D eigenvalue weighted by atomic mass is 16.5. The number of amides is 2. The molecule has 1 rings (SSSR count). The maximum absolute atomic E-state index is 11.1. The molecule has 0 saturated heterocycles. The molecule has 1 aromatic carbocycles. The van der Waals surface area contributed by atoms with Gasteiger partial charge in [-0.15, -0.1) is 0 Å². The van der Waals surface area contributed by atoms with Gasteiger partial charge in [0.25, 0.3) is 5.91 Å². The van der Waals surface area contributed by atoms with Gasteiger partial charge < -0.3 is 10.5 Å². The van der Waals surface area contributed by atoms with E-state index in [9.17, 15) is 9.59 Å². The van der Waals surface area contributed by atoms with E-state index in [0.29, 0.717) is 11.3 Å². The highest BCUT2D eigenvalue weighted by Gasteiger charge is 2.13. The number of hydrogen-bond acceptors (Lipinski definition) is 4. The molecule has 1 unspecified atom stereocenters. The first-order valence-electron chi connectivity index (χ1n) is 4.61. The van der Waals surface area contributed by atoms with Crippen molar-refractivity contribution in [1.29, 1.82) is 0 Å². The zero-order chi connectivity index (χ0) is 12.1. The third-order valence-electron chi connectivity index (χ3n) is 1.94. The number of carbonyl (C=O) groups excluding carboxylic acids is 2. The molecule has 6 heteroatoms. The summed E-state index contributed by atoms with van der Waals surface area (Å²) in [5.74, 6) is 4.32. The molecule has 0 aliphatic heterocycles. The van der Waals surface area contributed by atoms with Gasteiger partial charge in [-0.25, -0.2) is 5.84 Å². The van der Waals surface area contributed by atoms with Crippen LogP contribution in [0.15, 0.2) is 24.3 Å². The Labute approximate surface area is 92.5 Å². The molecule has 0 aliphatic rings. The standard InChI is InChI=1S/C10H13N3O3/c1-6(10(15)13-12)16-8-4-2-3-7(5-8)9(11)14/h2-6H,12H2,1H3,(H2,11,14)(H,13,15). The maximum atomic E-state index is 11.1. The second-order valence-electron chi connectivity index (χ2n) is 3.16. The molecule has 0 fully saturated rings. The topological polar surface area (TPSA) is 107 Å². The number of nitrogens with two attached hydrogens (primary N) is 2. The van der Waals surface area contributed by atoms with E-state index in [1.54, 1.807) is 25.1 Å². The predicted molar refractivity (Wildman–Crippen MR) is 57.4 cm³/mol. The molecule has 16 heavy (non-hydrogen) atoms. The third kappa shape index (κ3) is 2.96. The smallest absolute Gasteiger partial charge is 0.274 e. The third-order valence-corrected chi connectivity index (χ3v) is 1.94. The van der Waals surface area contributed by atoms with Gasteiger partial charge in [0.2, 0.25) is 5.91 Å². The van der Waals surface area contributed by atoms with Crippen molar-refractivity contribution in [2.24, 2.45) is 11.6 Å². The zero-order valence-electron chi connectivity index (χ0n) is 8.77. The van der Waals surface area contributed by atoms with Gasteiger partial charge in [-0.05, 0) is 25.1 Å². The van der Waals surface area contributed by atoms with Crippen LogP contribution in [0.4, 0.5) is 0 Å². The van der Waals surface area contributed by atoms with Crippen LogP contribution in [-0.2, 0) is 4.79 Å². The summed E-state index contributed by atoms with van der Waals surface area (Å²) in [7, 11) is 0. The Balaban J connectivity index is 2.78. The van der Waals surface area contributed by atoms with Crippen LogP contribution in [0.2, 0.25) is 0 Å². The van der Waals surface area contributed by atoms with Crippen LogP contribution < -0.4 is 21.7 Å². The fraction of sp³-hybridized carbons (Fsp3) is 0.200. The van der Waals surface area contributed by atoms with Crippen molar-refractivity contribution >= 4 is 11.8 Å². The fourth-order valence-corrected chi connectivity index (χ4v) is 1.10. The van der Waals surface area contributed by atoms with Gasteiger partial charge >= 0.3 is 0 Å². The molecule has 0 heterocycles. The monoisotopic (exact) mass is 223 g/mol. The molecular formula is C10H13N3O3. The van der Waals surface area contributed by atoms with Crippen molar-refractivity contribution in [2.75, 3.05) is 0 Å². The Morgan fingerprint density at radius 3 is 2.69 bits per heavy atom. The van der Waals surface area contributed by atoms with Gasteiger partial charge in [-0.3, -0.25) is 15.0 Å². The Hall–Kier alpha value is -2.08. The highest BCUT2D eigenvalue weighted by molar-refractivity contribution is 5.93. The van der Waals surface area contributed by atoms with Gasteiger partial charge in [0, 0.05) is 5.56 Å². The molecule has 0 bridgehead atoms. The summed E-state index contributed by atoms with van der Waals surface area (Å²) in [6, 6.07) is 6.25. The molecule has 6 nitrogen and oxygen atoms in total. The molecule has 5 N–H and O–H groups in total. The van der Waals surface area contributed by atoms with Crippen molar-refractivity contribution in [1.82, 2.24) is 5.43 Å². The summed E-state index contributed by atoms with van der Waals surface area (Å²) in [6.45, 7) is 1.54. The van der Waals surface area contributed by atoms with E-state index in [-0.39, 0.29) is 0 Å². The Morgan fingerprint density at radius 1 is 1.44 bits per heavy atom. The zero-order valence-corrected chi connectivity index (χ0v) is 8.77. The molecule has 0 saturated carbocycles. The van der Waals surface area contributed by atoms with Gasteiger partial charge in [-0.1, -0.05) is 6.07 Å². The van der Waals surface area contributed by atoms with Gasteiger partial charge in [0.1, 0.15) is 5.75 Å². The molecule has 1 aromatic rings. The molecule has 86 valence electrons. The van der Waals surface area contributed by atoms with Crippen LogP contribution in [0.25, 0.3) is 0 Å². The largest absolute Gasteiger partial charge is 0.481 e. The van der Waals surface area contributed by atoms with E-state index in [2.05, 4.69) is 0 Å². The van der Waals surface area contributed by atoms with Crippen molar-refractivity contribution in [2.45, 2.75) is 13.0 Å². The van der Waals surface area contributed by atoms with Crippen molar-refractivity contribution in [3.63, 3.8) is 0 Å². The van der Waals surface area contributed by atoms with Crippen LogP contribution in [0.1, 0.15) is 17.3 Å². The first-order valence-corrected chi connectivity index (χ1v) is 4.61. The summed E-state index contributed by atoms with van der Waals surface area (Å²) in [5.41, 5.74) is 7.39. The normalized spacial score (nSPS) is 11.6. The number of primary amides is 1. The lowest BCUT2D eigenvalue weighted by Crippen LogP contribution is -2.40.